The minimum Gasteiger partial charge on any atom is -0.379 e. The van der Waals surface area contributed by atoms with Gasteiger partial charge in [0.25, 0.3) is 0 Å². The molecule has 0 unspecified atom stereocenters. The molecule has 1 aliphatic rings. The molecular weight excluding hydrogens is 270 g/mol. The molecule has 1 rings (SSSR count). The average molecular weight is 299 g/mol. The van der Waals surface area contributed by atoms with Crippen molar-refractivity contribution in [1.82, 2.24) is 15.5 Å². The lowest BCUT2D eigenvalue weighted by molar-refractivity contribution is -0.128. The topological polar surface area (TPSA) is 92.0 Å². The summed E-state index contributed by atoms with van der Waals surface area (Å²) in [6, 6.07) is 0. The molecule has 7 heteroatoms. The van der Waals surface area contributed by atoms with E-state index in [1.807, 2.05) is 13.8 Å². The summed E-state index contributed by atoms with van der Waals surface area (Å²) in [5.41, 5.74) is 5.27. The number of amides is 1. The second-order valence-corrected chi connectivity index (χ2v) is 5.90. The summed E-state index contributed by atoms with van der Waals surface area (Å²) in [5, 5.41) is 5.72. The molecule has 1 aliphatic heterocycles. The first-order valence-corrected chi connectivity index (χ1v) is 7.52. The average Bonchev–Trinajstić information content (AvgIpc) is 2.49. The van der Waals surface area contributed by atoms with Crippen LogP contribution >= 0.6 is 0 Å². The van der Waals surface area contributed by atoms with Gasteiger partial charge >= 0.3 is 0 Å². The number of hydrogen-bond acceptors (Lipinski definition) is 4. The number of rotatable bonds is 7. The number of guanidine groups is 1. The zero-order valence-corrected chi connectivity index (χ0v) is 13.4. The van der Waals surface area contributed by atoms with E-state index in [0.29, 0.717) is 12.5 Å². The fourth-order valence-corrected chi connectivity index (χ4v) is 2.09. The highest BCUT2D eigenvalue weighted by Crippen LogP contribution is 2.14. The van der Waals surface area contributed by atoms with Gasteiger partial charge in [-0.2, -0.15) is 0 Å². The molecule has 0 atom stereocenters. The molecule has 7 nitrogen and oxygen atoms in total. The molecule has 0 aromatic rings. The van der Waals surface area contributed by atoms with Crippen LogP contribution in [0.3, 0.4) is 0 Å². The third kappa shape index (κ3) is 6.77. The molecule has 0 spiro atoms. The van der Waals surface area contributed by atoms with Gasteiger partial charge in [0.2, 0.25) is 5.91 Å². The summed E-state index contributed by atoms with van der Waals surface area (Å²) < 4.78 is 5.31. The van der Waals surface area contributed by atoms with Gasteiger partial charge in [0.05, 0.1) is 25.2 Å². The lowest BCUT2D eigenvalue weighted by atomic mass is 9.93. The van der Waals surface area contributed by atoms with Crippen LogP contribution in [-0.4, -0.2) is 69.8 Å². The summed E-state index contributed by atoms with van der Waals surface area (Å²) in [6.45, 7) is 9.54. The van der Waals surface area contributed by atoms with Crippen LogP contribution in [0.1, 0.15) is 20.3 Å². The lowest BCUT2D eigenvalue weighted by Crippen LogP contribution is -2.40. The van der Waals surface area contributed by atoms with Gasteiger partial charge in [0.1, 0.15) is 0 Å². The first-order chi connectivity index (χ1) is 9.95. The van der Waals surface area contributed by atoms with Crippen molar-refractivity contribution in [3.05, 3.63) is 0 Å². The Morgan fingerprint density at radius 1 is 1.38 bits per heavy atom. The number of morpholine rings is 1. The third-order valence-electron chi connectivity index (χ3n) is 3.55. The third-order valence-corrected chi connectivity index (χ3v) is 3.55. The van der Waals surface area contributed by atoms with Gasteiger partial charge in [0, 0.05) is 26.7 Å². The molecule has 1 saturated heterocycles. The van der Waals surface area contributed by atoms with Crippen molar-refractivity contribution in [2.24, 2.45) is 16.1 Å². The van der Waals surface area contributed by atoms with Crippen molar-refractivity contribution in [1.29, 1.82) is 0 Å². The molecule has 0 aliphatic carbocycles. The Kier molecular flexibility index (Phi) is 7.45. The number of carbonyl (C=O) groups excluding carboxylic acids is 1. The summed E-state index contributed by atoms with van der Waals surface area (Å²) in [6.07, 6.45) is 1.01. The second kappa shape index (κ2) is 8.84. The lowest BCUT2D eigenvalue weighted by Gasteiger charge is -2.26. The van der Waals surface area contributed by atoms with Crippen LogP contribution in [-0.2, 0) is 9.53 Å². The molecule has 0 radical (unpaired) electrons. The first kappa shape index (κ1) is 17.7. The van der Waals surface area contributed by atoms with E-state index in [4.69, 9.17) is 10.5 Å². The molecule has 0 saturated carbocycles. The van der Waals surface area contributed by atoms with E-state index in [0.717, 1.165) is 45.8 Å². The molecule has 1 amide bonds. The quantitative estimate of drug-likeness (QED) is 0.331. The molecule has 1 heterocycles. The van der Waals surface area contributed by atoms with Crippen LogP contribution in [0, 0.1) is 5.41 Å². The highest BCUT2D eigenvalue weighted by Gasteiger charge is 2.26. The predicted molar refractivity (Wildman–Crippen MR) is 84.2 cm³/mol. The smallest absolute Gasteiger partial charge is 0.227 e. The second-order valence-electron chi connectivity index (χ2n) is 5.90. The molecule has 0 aromatic carbocycles. The number of ether oxygens (including phenoxy) is 1. The Labute approximate surface area is 127 Å². The van der Waals surface area contributed by atoms with Gasteiger partial charge in [-0.3, -0.25) is 14.7 Å². The normalized spacial score (nSPS) is 17.6. The number of nitrogens with two attached hydrogens (primary N) is 1. The van der Waals surface area contributed by atoms with Crippen molar-refractivity contribution in [3.63, 3.8) is 0 Å². The monoisotopic (exact) mass is 299 g/mol. The zero-order valence-electron chi connectivity index (χ0n) is 13.4. The van der Waals surface area contributed by atoms with Crippen molar-refractivity contribution in [2.45, 2.75) is 20.3 Å². The van der Waals surface area contributed by atoms with Crippen LogP contribution in [0.4, 0.5) is 0 Å². The van der Waals surface area contributed by atoms with Crippen LogP contribution in [0.2, 0.25) is 0 Å². The summed E-state index contributed by atoms with van der Waals surface area (Å²) >= 11 is 0. The highest BCUT2D eigenvalue weighted by atomic mass is 16.5. The van der Waals surface area contributed by atoms with Crippen molar-refractivity contribution in [2.75, 3.05) is 53.0 Å². The van der Waals surface area contributed by atoms with Gasteiger partial charge in [-0.1, -0.05) is 0 Å². The van der Waals surface area contributed by atoms with Crippen molar-refractivity contribution in [3.8, 4) is 0 Å². The summed E-state index contributed by atoms with van der Waals surface area (Å²) in [4.78, 5) is 18.2. The van der Waals surface area contributed by atoms with Crippen LogP contribution in [0.25, 0.3) is 0 Å². The maximum Gasteiger partial charge on any atom is 0.227 e. The first-order valence-electron chi connectivity index (χ1n) is 7.52. The van der Waals surface area contributed by atoms with Crippen LogP contribution < -0.4 is 16.4 Å². The summed E-state index contributed by atoms with van der Waals surface area (Å²) in [5.74, 6) is 0.361. The molecule has 0 aromatic heterocycles. The standard InChI is InChI=1S/C14H29N5O2/c1-14(2,12(20)16-3)11-18-13(15)17-5-4-6-19-7-9-21-10-8-19/h4-11H2,1-3H3,(H,16,20)(H3,15,17,18). The predicted octanol–water partition coefficient (Wildman–Crippen LogP) is -0.615. The minimum atomic E-state index is -0.547. The van der Waals surface area contributed by atoms with E-state index in [1.54, 1.807) is 7.05 Å². The molecule has 1 fully saturated rings. The number of nitrogens with one attached hydrogen (secondary N) is 2. The SMILES string of the molecule is CNC(=O)C(C)(C)CN=C(N)NCCCN1CCOCC1. The molecule has 122 valence electrons. The number of nitrogens with zero attached hydrogens (tertiary/aromatic N) is 2. The Morgan fingerprint density at radius 2 is 2.05 bits per heavy atom. The van der Waals surface area contributed by atoms with Crippen LogP contribution in [0.15, 0.2) is 4.99 Å². The van der Waals surface area contributed by atoms with E-state index in [1.165, 1.54) is 0 Å². The molecular formula is C14H29N5O2. The largest absolute Gasteiger partial charge is 0.379 e. The van der Waals surface area contributed by atoms with Gasteiger partial charge in [-0.25, -0.2) is 0 Å². The fraction of sp³-hybridized carbons (Fsp3) is 0.857. The maximum atomic E-state index is 11.6. The van der Waals surface area contributed by atoms with E-state index in [9.17, 15) is 4.79 Å². The number of aliphatic imine (C=N–C) groups is 1. The molecule has 21 heavy (non-hydrogen) atoms. The van der Waals surface area contributed by atoms with E-state index >= 15 is 0 Å². The number of carbonyl (C=O) groups is 1. The maximum absolute atomic E-state index is 11.6. The van der Waals surface area contributed by atoms with Crippen molar-refractivity contribution < 1.29 is 9.53 Å². The Hall–Kier alpha value is -1.34. The molecule has 0 bridgehead atoms. The number of hydrogen-bond donors (Lipinski definition) is 3. The Bertz CT molecular complexity index is 351. The van der Waals surface area contributed by atoms with Crippen LogP contribution in [0.5, 0.6) is 0 Å². The zero-order chi connectivity index (χ0) is 15.7. The summed E-state index contributed by atoms with van der Waals surface area (Å²) in [7, 11) is 1.63. The Balaban J connectivity index is 2.18. The van der Waals surface area contributed by atoms with E-state index < -0.39 is 5.41 Å². The van der Waals surface area contributed by atoms with Gasteiger partial charge in [-0.05, 0) is 26.8 Å². The molecule has 4 N–H and O–H groups in total. The van der Waals surface area contributed by atoms with E-state index in [2.05, 4.69) is 20.5 Å². The Morgan fingerprint density at radius 3 is 2.67 bits per heavy atom. The van der Waals surface area contributed by atoms with E-state index in [-0.39, 0.29) is 5.91 Å². The van der Waals surface area contributed by atoms with Gasteiger partial charge in [-0.15, -0.1) is 0 Å². The minimum absolute atomic E-state index is 0.0358. The fourth-order valence-electron chi connectivity index (χ4n) is 2.09. The van der Waals surface area contributed by atoms with Gasteiger partial charge in [0.15, 0.2) is 5.96 Å². The highest BCUT2D eigenvalue weighted by molar-refractivity contribution is 5.83. The van der Waals surface area contributed by atoms with Gasteiger partial charge < -0.3 is 21.1 Å². The van der Waals surface area contributed by atoms with Crippen molar-refractivity contribution >= 4 is 11.9 Å².